The second kappa shape index (κ2) is 8.66. The van der Waals surface area contributed by atoms with Crippen molar-refractivity contribution < 1.29 is 9.53 Å². The number of hydrogen-bond donors (Lipinski definition) is 0. The van der Waals surface area contributed by atoms with E-state index in [9.17, 15) is 4.79 Å². The predicted octanol–water partition coefficient (Wildman–Crippen LogP) is 4.10. The molecule has 4 rings (SSSR count). The molecule has 2 fully saturated rings. The van der Waals surface area contributed by atoms with E-state index in [0.717, 1.165) is 57.0 Å². The molecule has 1 saturated heterocycles. The molecule has 0 N–H and O–H groups in total. The third-order valence-corrected chi connectivity index (χ3v) is 5.70. The molecule has 1 aliphatic carbocycles. The number of nitrogens with zero attached hydrogens (tertiary/aromatic N) is 2. The van der Waals surface area contributed by atoms with Crippen LogP contribution < -0.4 is 0 Å². The molecule has 1 aromatic carbocycles. The van der Waals surface area contributed by atoms with Gasteiger partial charge in [0.2, 0.25) is 0 Å². The zero-order valence-corrected chi connectivity index (χ0v) is 15.8. The Morgan fingerprint density at radius 1 is 0.926 bits per heavy atom. The summed E-state index contributed by atoms with van der Waals surface area (Å²) in [5.41, 5.74) is 3.39. The molecule has 0 atom stereocenters. The van der Waals surface area contributed by atoms with Gasteiger partial charge in [0.05, 0.1) is 6.61 Å². The van der Waals surface area contributed by atoms with Gasteiger partial charge in [-0.3, -0.25) is 9.78 Å². The van der Waals surface area contributed by atoms with E-state index in [1.807, 2.05) is 4.90 Å². The molecule has 2 aliphatic rings. The van der Waals surface area contributed by atoms with Crippen molar-refractivity contribution in [3.05, 3.63) is 65.5 Å². The van der Waals surface area contributed by atoms with Crippen molar-refractivity contribution in [1.82, 2.24) is 9.88 Å². The van der Waals surface area contributed by atoms with Crippen molar-refractivity contribution in [1.29, 1.82) is 0 Å². The Labute approximate surface area is 161 Å². The van der Waals surface area contributed by atoms with Crippen molar-refractivity contribution in [3.8, 4) is 0 Å². The Balaban J connectivity index is 1.22. The quantitative estimate of drug-likeness (QED) is 0.743. The highest BCUT2D eigenvalue weighted by molar-refractivity contribution is 5.94. The maximum absolute atomic E-state index is 12.5. The van der Waals surface area contributed by atoms with Crippen LogP contribution in [0.2, 0.25) is 0 Å². The molecule has 1 amide bonds. The van der Waals surface area contributed by atoms with E-state index < -0.39 is 0 Å². The van der Waals surface area contributed by atoms with Crippen molar-refractivity contribution >= 4 is 5.91 Å². The Kier molecular flexibility index (Phi) is 5.83. The maximum Gasteiger partial charge on any atom is 0.253 e. The van der Waals surface area contributed by atoms with Crippen LogP contribution in [0.1, 0.15) is 47.2 Å². The number of benzene rings is 1. The largest absolute Gasteiger partial charge is 0.376 e. The van der Waals surface area contributed by atoms with Gasteiger partial charge in [-0.25, -0.2) is 0 Å². The van der Waals surface area contributed by atoms with E-state index in [0.29, 0.717) is 5.92 Å². The van der Waals surface area contributed by atoms with Crippen LogP contribution in [0.4, 0.5) is 0 Å². The van der Waals surface area contributed by atoms with Crippen LogP contribution in [-0.4, -0.2) is 35.5 Å². The van der Waals surface area contributed by atoms with Gasteiger partial charge in [0.1, 0.15) is 0 Å². The number of ether oxygens (including phenoxy) is 1. The second-order valence-corrected chi connectivity index (χ2v) is 7.95. The molecule has 1 aromatic heterocycles. The highest BCUT2D eigenvalue weighted by atomic mass is 16.5. The smallest absolute Gasteiger partial charge is 0.253 e. The van der Waals surface area contributed by atoms with Crippen LogP contribution >= 0.6 is 0 Å². The molecule has 0 bridgehead atoms. The standard InChI is InChI=1S/C23H28N2O2/c26-23(22-7-11-24-12-8-22)25-13-9-19(10-14-25)15-18-1-3-20(4-2-18)16-27-17-21-5-6-21/h1-4,7-8,11-12,19,21H,5-6,9-10,13-17H2. The molecule has 2 aromatic rings. The molecule has 142 valence electrons. The average Bonchev–Trinajstić information content (AvgIpc) is 3.54. The first-order valence-corrected chi connectivity index (χ1v) is 10.1. The Hall–Kier alpha value is -2.20. The lowest BCUT2D eigenvalue weighted by molar-refractivity contribution is 0.0690. The summed E-state index contributed by atoms with van der Waals surface area (Å²) in [5, 5.41) is 0. The summed E-state index contributed by atoms with van der Waals surface area (Å²) >= 11 is 0. The Morgan fingerprint density at radius 2 is 1.59 bits per heavy atom. The van der Waals surface area contributed by atoms with Gasteiger partial charge in [0, 0.05) is 37.7 Å². The third-order valence-electron chi connectivity index (χ3n) is 5.70. The zero-order chi connectivity index (χ0) is 18.5. The predicted molar refractivity (Wildman–Crippen MR) is 105 cm³/mol. The fraction of sp³-hybridized carbons (Fsp3) is 0.478. The van der Waals surface area contributed by atoms with Crippen LogP contribution in [0.25, 0.3) is 0 Å². The van der Waals surface area contributed by atoms with Crippen molar-refractivity contribution in [2.24, 2.45) is 11.8 Å². The fourth-order valence-electron chi connectivity index (χ4n) is 3.75. The van der Waals surface area contributed by atoms with Crippen LogP contribution in [0.15, 0.2) is 48.8 Å². The normalized spacial score (nSPS) is 17.9. The minimum absolute atomic E-state index is 0.131. The molecule has 27 heavy (non-hydrogen) atoms. The lowest BCUT2D eigenvalue weighted by Crippen LogP contribution is -2.38. The number of likely N-dealkylation sites (tertiary alicyclic amines) is 1. The second-order valence-electron chi connectivity index (χ2n) is 7.95. The van der Waals surface area contributed by atoms with Crippen LogP contribution in [0.3, 0.4) is 0 Å². The number of carbonyl (C=O) groups excluding carboxylic acids is 1. The summed E-state index contributed by atoms with van der Waals surface area (Å²) in [5.74, 6) is 1.61. The lowest BCUT2D eigenvalue weighted by atomic mass is 9.89. The van der Waals surface area contributed by atoms with Crippen LogP contribution in [0.5, 0.6) is 0 Å². The molecule has 0 spiro atoms. The minimum Gasteiger partial charge on any atom is -0.376 e. The van der Waals surface area contributed by atoms with Gasteiger partial charge >= 0.3 is 0 Å². The summed E-state index contributed by atoms with van der Waals surface area (Å²) in [6, 6.07) is 12.5. The number of rotatable bonds is 7. The number of carbonyl (C=O) groups is 1. The number of aromatic nitrogens is 1. The number of amides is 1. The van der Waals surface area contributed by atoms with E-state index in [1.54, 1.807) is 24.5 Å². The Morgan fingerprint density at radius 3 is 2.26 bits per heavy atom. The van der Waals surface area contributed by atoms with E-state index in [4.69, 9.17) is 4.74 Å². The minimum atomic E-state index is 0.131. The molecule has 0 radical (unpaired) electrons. The highest BCUT2D eigenvalue weighted by Crippen LogP contribution is 2.29. The van der Waals surface area contributed by atoms with E-state index in [-0.39, 0.29) is 5.91 Å². The molecular formula is C23H28N2O2. The van der Waals surface area contributed by atoms with Gasteiger partial charge in [-0.2, -0.15) is 0 Å². The van der Waals surface area contributed by atoms with Crippen molar-refractivity contribution in [3.63, 3.8) is 0 Å². The summed E-state index contributed by atoms with van der Waals surface area (Å²) in [4.78, 5) is 18.5. The van der Waals surface area contributed by atoms with E-state index in [2.05, 4.69) is 29.2 Å². The summed E-state index contributed by atoms with van der Waals surface area (Å²) < 4.78 is 5.76. The molecule has 1 saturated carbocycles. The first kappa shape index (κ1) is 18.2. The van der Waals surface area contributed by atoms with Gasteiger partial charge in [-0.1, -0.05) is 24.3 Å². The molecular weight excluding hydrogens is 336 g/mol. The molecule has 1 aliphatic heterocycles. The topological polar surface area (TPSA) is 42.4 Å². The SMILES string of the molecule is O=C(c1ccncc1)N1CCC(Cc2ccc(COCC3CC3)cc2)CC1. The molecule has 4 heteroatoms. The third kappa shape index (κ3) is 5.16. The summed E-state index contributed by atoms with van der Waals surface area (Å²) in [6.07, 6.45) is 9.28. The maximum atomic E-state index is 12.5. The van der Waals surface area contributed by atoms with Gasteiger partial charge < -0.3 is 9.64 Å². The monoisotopic (exact) mass is 364 g/mol. The molecule has 2 heterocycles. The van der Waals surface area contributed by atoms with Gasteiger partial charge in [-0.05, 0) is 67.2 Å². The summed E-state index contributed by atoms with van der Waals surface area (Å²) in [7, 11) is 0. The van der Waals surface area contributed by atoms with E-state index >= 15 is 0 Å². The number of piperidine rings is 1. The van der Waals surface area contributed by atoms with E-state index in [1.165, 1.54) is 24.0 Å². The van der Waals surface area contributed by atoms with Crippen LogP contribution in [0, 0.1) is 11.8 Å². The zero-order valence-electron chi connectivity index (χ0n) is 15.8. The van der Waals surface area contributed by atoms with Crippen molar-refractivity contribution in [2.75, 3.05) is 19.7 Å². The molecule has 0 unspecified atom stereocenters. The lowest BCUT2D eigenvalue weighted by Gasteiger charge is -2.32. The summed E-state index contributed by atoms with van der Waals surface area (Å²) in [6.45, 7) is 3.34. The number of pyridine rings is 1. The molecule has 4 nitrogen and oxygen atoms in total. The van der Waals surface area contributed by atoms with Gasteiger partial charge in [0.15, 0.2) is 0 Å². The van der Waals surface area contributed by atoms with Crippen molar-refractivity contribution in [2.45, 2.75) is 38.7 Å². The average molecular weight is 364 g/mol. The van der Waals surface area contributed by atoms with Gasteiger partial charge in [-0.15, -0.1) is 0 Å². The van der Waals surface area contributed by atoms with Crippen LogP contribution in [-0.2, 0) is 17.8 Å². The Bertz CT molecular complexity index is 733. The first-order valence-electron chi connectivity index (χ1n) is 10.1. The van der Waals surface area contributed by atoms with Gasteiger partial charge in [0.25, 0.3) is 5.91 Å². The number of hydrogen-bond acceptors (Lipinski definition) is 3. The highest BCUT2D eigenvalue weighted by Gasteiger charge is 2.24. The fourth-order valence-corrected chi connectivity index (χ4v) is 3.75. The first-order chi connectivity index (χ1) is 13.3.